The number of imidazole rings is 1. The van der Waals surface area contributed by atoms with Crippen molar-refractivity contribution in [3.05, 3.63) is 29.6 Å². The van der Waals surface area contributed by atoms with Crippen molar-refractivity contribution in [2.45, 2.75) is 37.7 Å². The van der Waals surface area contributed by atoms with E-state index in [2.05, 4.69) is 15.3 Å². The van der Waals surface area contributed by atoms with Crippen molar-refractivity contribution < 1.29 is 5.11 Å². The summed E-state index contributed by atoms with van der Waals surface area (Å²) in [5, 5.41) is 13.0. The summed E-state index contributed by atoms with van der Waals surface area (Å²) in [5.41, 5.74) is 2.97. The monoisotopic (exact) mass is 259 g/mol. The van der Waals surface area contributed by atoms with Crippen molar-refractivity contribution in [2.75, 3.05) is 13.6 Å². The number of likely N-dealkylation sites (N-methyl/N-ethyl adjacent to an activating group) is 1. The quantitative estimate of drug-likeness (QED) is 0.790. The molecule has 1 atom stereocenters. The van der Waals surface area contributed by atoms with Crippen LogP contribution >= 0.6 is 0 Å². The van der Waals surface area contributed by atoms with Gasteiger partial charge in [0.1, 0.15) is 5.82 Å². The number of fused-ring (bicyclic) bond motifs is 1. The van der Waals surface area contributed by atoms with E-state index in [9.17, 15) is 5.11 Å². The summed E-state index contributed by atoms with van der Waals surface area (Å²) in [7, 11) is 1.84. The highest BCUT2D eigenvalue weighted by Crippen LogP contribution is 2.33. The van der Waals surface area contributed by atoms with Gasteiger partial charge < -0.3 is 15.4 Å². The summed E-state index contributed by atoms with van der Waals surface area (Å²) < 4.78 is 0. The Morgan fingerprint density at radius 3 is 2.95 bits per heavy atom. The molecule has 102 valence electrons. The predicted octanol–water partition coefficient (Wildman–Crippen LogP) is 2.47. The van der Waals surface area contributed by atoms with E-state index in [0.29, 0.717) is 12.5 Å². The third-order valence-corrected chi connectivity index (χ3v) is 4.05. The first kappa shape index (κ1) is 12.6. The molecule has 0 spiro atoms. The number of nitrogens with zero attached hydrogens (tertiary/aromatic N) is 1. The average Bonchev–Trinajstić information content (AvgIpc) is 3.07. The van der Waals surface area contributed by atoms with Crippen molar-refractivity contribution in [2.24, 2.45) is 0 Å². The lowest BCUT2D eigenvalue weighted by molar-refractivity contribution is 0.178. The van der Waals surface area contributed by atoms with Gasteiger partial charge in [0.15, 0.2) is 0 Å². The van der Waals surface area contributed by atoms with E-state index >= 15 is 0 Å². The molecule has 1 heterocycles. The Kier molecular flexibility index (Phi) is 3.53. The number of aliphatic hydroxyl groups excluding tert-OH is 1. The zero-order valence-electron chi connectivity index (χ0n) is 11.3. The van der Waals surface area contributed by atoms with Crippen LogP contribution in [0.5, 0.6) is 0 Å². The minimum absolute atomic E-state index is 0.465. The molecule has 0 aliphatic heterocycles. The van der Waals surface area contributed by atoms with E-state index in [1.165, 1.54) is 25.7 Å². The maximum absolute atomic E-state index is 10.0. The number of rotatable bonds is 4. The van der Waals surface area contributed by atoms with Crippen LogP contribution in [0.3, 0.4) is 0 Å². The Labute approximate surface area is 113 Å². The molecule has 0 radical (unpaired) electrons. The molecule has 1 aliphatic carbocycles. The van der Waals surface area contributed by atoms with Crippen molar-refractivity contribution in [3.8, 4) is 0 Å². The molecule has 1 unspecified atom stereocenters. The highest BCUT2D eigenvalue weighted by atomic mass is 16.3. The number of aliphatic hydroxyl groups is 1. The molecule has 1 aromatic heterocycles. The van der Waals surface area contributed by atoms with E-state index < -0.39 is 6.10 Å². The number of nitrogens with one attached hydrogen (secondary N) is 2. The molecule has 3 N–H and O–H groups in total. The molecule has 4 heteroatoms. The molecular formula is C15H21N3O. The van der Waals surface area contributed by atoms with Gasteiger partial charge in [-0.25, -0.2) is 4.98 Å². The Morgan fingerprint density at radius 1 is 1.42 bits per heavy atom. The SMILES string of the molecule is CNCC(O)c1ccc2nc(C3CCCC3)[nH]c2c1. The highest BCUT2D eigenvalue weighted by Gasteiger charge is 2.20. The Morgan fingerprint density at radius 2 is 2.21 bits per heavy atom. The Hall–Kier alpha value is -1.39. The second-order valence-corrected chi connectivity index (χ2v) is 5.45. The fraction of sp³-hybridized carbons (Fsp3) is 0.533. The molecule has 0 bridgehead atoms. The van der Waals surface area contributed by atoms with E-state index in [0.717, 1.165) is 22.4 Å². The highest BCUT2D eigenvalue weighted by molar-refractivity contribution is 5.76. The molecule has 2 aromatic rings. The molecule has 1 aliphatic rings. The second kappa shape index (κ2) is 5.31. The first-order chi connectivity index (χ1) is 9.28. The number of benzene rings is 1. The largest absolute Gasteiger partial charge is 0.387 e. The van der Waals surface area contributed by atoms with Crippen molar-refractivity contribution in [1.29, 1.82) is 0 Å². The normalized spacial score (nSPS) is 18.2. The molecule has 1 aromatic carbocycles. The van der Waals surface area contributed by atoms with Crippen molar-refractivity contribution in [1.82, 2.24) is 15.3 Å². The van der Waals surface area contributed by atoms with Crippen molar-refractivity contribution in [3.63, 3.8) is 0 Å². The topological polar surface area (TPSA) is 60.9 Å². The zero-order chi connectivity index (χ0) is 13.2. The van der Waals surface area contributed by atoms with E-state index in [1.807, 2.05) is 25.2 Å². The average molecular weight is 259 g/mol. The van der Waals surface area contributed by atoms with E-state index in [-0.39, 0.29) is 0 Å². The summed E-state index contributed by atoms with van der Waals surface area (Å²) in [6, 6.07) is 5.98. The molecular weight excluding hydrogens is 238 g/mol. The van der Waals surface area contributed by atoms with Crippen LogP contribution < -0.4 is 5.32 Å². The van der Waals surface area contributed by atoms with Crippen molar-refractivity contribution >= 4 is 11.0 Å². The summed E-state index contributed by atoms with van der Waals surface area (Å²) in [6.45, 7) is 0.565. The van der Waals surface area contributed by atoms with Crippen LogP contribution in [-0.4, -0.2) is 28.7 Å². The lowest BCUT2D eigenvalue weighted by atomic mass is 10.1. The predicted molar refractivity (Wildman–Crippen MR) is 76.2 cm³/mol. The van der Waals surface area contributed by atoms with Gasteiger partial charge in [0.25, 0.3) is 0 Å². The zero-order valence-corrected chi connectivity index (χ0v) is 11.3. The Bertz CT molecular complexity index is 558. The van der Waals surface area contributed by atoms with Gasteiger partial charge in [-0.2, -0.15) is 0 Å². The number of hydrogen-bond acceptors (Lipinski definition) is 3. The molecule has 0 saturated heterocycles. The van der Waals surface area contributed by atoms with Gasteiger partial charge in [0.2, 0.25) is 0 Å². The molecule has 3 rings (SSSR count). The number of H-pyrrole nitrogens is 1. The Balaban J connectivity index is 1.90. The van der Waals surface area contributed by atoms with Crippen LogP contribution in [0.4, 0.5) is 0 Å². The van der Waals surface area contributed by atoms with Gasteiger partial charge in [-0.3, -0.25) is 0 Å². The van der Waals surface area contributed by atoms with Crippen LogP contribution in [0, 0.1) is 0 Å². The molecule has 1 saturated carbocycles. The maximum Gasteiger partial charge on any atom is 0.110 e. The molecule has 19 heavy (non-hydrogen) atoms. The molecule has 4 nitrogen and oxygen atoms in total. The first-order valence-corrected chi connectivity index (χ1v) is 7.10. The van der Waals surface area contributed by atoms with Crippen LogP contribution in [0.15, 0.2) is 18.2 Å². The lowest BCUT2D eigenvalue weighted by Gasteiger charge is -2.09. The summed E-state index contributed by atoms with van der Waals surface area (Å²) >= 11 is 0. The smallest absolute Gasteiger partial charge is 0.110 e. The van der Waals surface area contributed by atoms with Crippen LogP contribution in [0.2, 0.25) is 0 Å². The van der Waals surface area contributed by atoms with Gasteiger partial charge in [-0.15, -0.1) is 0 Å². The van der Waals surface area contributed by atoms with Gasteiger partial charge in [0.05, 0.1) is 17.1 Å². The fourth-order valence-electron chi connectivity index (χ4n) is 2.96. The standard InChI is InChI=1S/C15H21N3O/c1-16-9-14(19)11-6-7-12-13(8-11)18-15(17-12)10-4-2-3-5-10/h6-8,10,14,16,19H,2-5,9H2,1H3,(H,17,18). The fourth-order valence-corrected chi connectivity index (χ4v) is 2.96. The third-order valence-electron chi connectivity index (χ3n) is 4.05. The second-order valence-electron chi connectivity index (χ2n) is 5.45. The van der Waals surface area contributed by atoms with Gasteiger partial charge in [0, 0.05) is 12.5 Å². The lowest BCUT2D eigenvalue weighted by Crippen LogP contribution is -2.16. The first-order valence-electron chi connectivity index (χ1n) is 7.10. The summed E-state index contributed by atoms with van der Waals surface area (Å²) in [5.74, 6) is 1.71. The number of aromatic amines is 1. The van der Waals surface area contributed by atoms with Crippen LogP contribution in [0.1, 0.15) is 49.1 Å². The van der Waals surface area contributed by atoms with Crippen LogP contribution in [0.25, 0.3) is 11.0 Å². The maximum atomic E-state index is 10.0. The van der Waals surface area contributed by atoms with Gasteiger partial charge in [-0.05, 0) is 37.6 Å². The van der Waals surface area contributed by atoms with E-state index in [1.54, 1.807) is 0 Å². The van der Waals surface area contributed by atoms with Gasteiger partial charge in [-0.1, -0.05) is 18.9 Å². The third kappa shape index (κ3) is 2.51. The molecule has 1 fully saturated rings. The molecule has 0 amide bonds. The van der Waals surface area contributed by atoms with Gasteiger partial charge >= 0.3 is 0 Å². The van der Waals surface area contributed by atoms with Crippen LogP contribution in [-0.2, 0) is 0 Å². The summed E-state index contributed by atoms with van der Waals surface area (Å²) in [6.07, 6.45) is 4.65. The van der Waals surface area contributed by atoms with E-state index in [4.69, 9.17) is 0 Å². The summed E-state index contributed by atoms with van der Waals surface area (Å²) in [4.78, 5) is 8.12. The number of hydrogen-bond donors (Lipinski definition) is 3. The number of aromatic nitrogens is 2. The minimum Gasteiger partial charge on any atom is -0.387 e. The minimum atomic E-state index is -0.465.